The fraction of sp³-hybridized carbons (Fsp3) is 0.400. The number of aromatic nitrogens is 2. The molecule has 1 aliphatic heterocycles. The molecule has 2 heterocycles. The summed E-state index contributed by atoms with van der Waals surface area (Å²) in [6.45, 7) is 0. The first-order chi connectivity index (χ1) is 6.84. The Morgan fingerprint density at radius 2 is 2.29 bits per heavy atom. The van der Waals surface area contributed by atoms with Crippen molar-refractivity contribution >= 4 is 11.6 Å². The molecule has 14 heavy (non-hydrogen) atoms. The van der Waals surface area contributed by atoms with E-state index in [9.17, 15) is 4.79 Å². The van der Waals surface area contributed by atoms with E-state index >= 15 is 0 Å². The van der Waals surface area contributed by atoms with Crippen LogP contribution in [-0.4, -0.2) is 16.0 Å². The third kappa shape index (κ3) is 0.999. The second-order valence-corrected chi connectivity index (χ2v) is 3.81. The van der Waals surface area contributed by atoms with Crippen LogP contribution in [-0.2, 0) is 11.2 Å². The average molecular weight is 189 g/mol. The van der Waals surface area contributed by atoms with Gasteiger partial charge in [-0.05, 0) is 12.8 Å². The number of nitrogens with one attached hydrogen (secondary N) is 2. The third-order valence-electron chi connectivity index (χ3n) is 2.89. The minimum absolute atomic E-state index is 0.297. The number of ketones is 1. The predicted molar refractivity (Wildman–Crippen MR) is 51.8 cm³/mol. The van der Waals surface area contributed by atoms with E-state index in [0.717, 1.165) is 41.9 Å². The van der Waals surface area contributed by atoms with Crippen LogP contribution in [0, 0.1) is 0 Å². The number of H-pyrrole nitrogens is 1. The molecule has 72 valence electrons. The maximum absolute atomic E-state index is 11.6. The van der Waals surface area contributed by atoms with Crippen molar-refractivity contribution in [2.75, 3.05) is 5.32 Å². The lowest BCUT2D eigenvalue weighted by molar-refractivity contribution is -0.116. The molecule has 1 aromatic rings. The molecule has 4 nitrogen and oxygen atoms in total. The summed E-state index contributed by atoms with van der Waals surface area (Å²) < 4.78 is 0. The molecule has 0 amide bonds. The lowest BCUT2D eigenvalue weighted by Gasteiger charge is -2.24. The summed E-state index contributed by atoms with van der Waals surface area (Å²) in [5, 5.41) is 10.1. The van der Waals surface area contributed by atoms with E-state index in [1.165, 1.54) is 0 Å². The number of Topliss-reactive ketones (excluding diaryl/α,β-unsaturated/α-hetero) is 1. The standard InChI is InChI=1S/C10H11N3O/c14-9-3-1-2-8-7(9)4-6-5-11-13-10(6)12-8/h5H,1-4H2,(H2,11,12,13). The van der Waals surface area contributed by atoms with Gasteiger partial charge in [-0.25, -0.2) is 0 Å². The summed E-state index contributed by atoms with van der Waals surface area (Å²) in [6, 6.07) is 0. The van der Waals surface area contributed by atoms with Gasteiger partial charge >= 0.3 is 0 Å². The Kier molecular flexibility index (Phi) is 1.50. The second-order valence-electron chi connectivity index (χ2n) is 3.81. The Morgan fingerprint density at radius 1 is 1.36 bits per heavy atom. The van der Waals surface area contributed by atoms with E-state index in [1.807, 2.05) is 0 Å². The highest BCUT2D eigenvalue weighted by Crippen LogP contribution is 2.31. The minimum Gasteiger partial charge on any atom is -0.344 e. The first-order valence-electron chi connectivity index (χ1n) is 4.89. The molecule has 0 saturated heterocycles. The monoisotopic (exact) mass is 189 g/mol. The maximum Gasteiger partial charge on any atom is 0.160 e. The highest BCUT2D eigenvalue weighted by atomic mass is 16.1. The molecule has 2 N–H and O–H groups in total. The largest absolute Gasteiger partial charge is 0.344 e. The quantitative estimate of drug-likeness (QED) is 0.648. The molecule has 0 unspecified atom stereocenters. The van der Waals surface area contributed by atoms with Crippen molar-refractivity contribution in [3.8, 4) is 0 Å². The van der Waals surface area contributed by atoms with E-state index < -0.39 is 0 Å². The molecule has 1 aliphatic carbocycles. The number of allylic oxidation sites excluding steroid dienone is 2. The van der Waals surface area contributed by atoms with Crippen LogP contribution < -0.4 is 5.32 Å². The number of rotatable bonds is 0. The molecule has 2 aliphatic rings. The van der Waals surface area contributed by atoms with E-state index in [0.29, 0.717) is 12.2 Å². The highest BCUT2D eigenvalue weighted by molar-refractivity contribution is 5.98. The molecule has 0 bridgehead atoms. The number of carbonyl (C=O) groups is 1. The van der Waals surface area contributed by atoms with Crippen molar-refractivity contribution in [3.63, 3.8) is 0 Å². The van der Waals surface area contributed by atoms with Gasteiger partial charge in [0.25, 0.3) is 0 Å². The second kappa shape index (κ2) is 2.70. The zero-order valence-electron chi connectivity index (χ0n) is 7.76. The Balaban J connectivity index is 2.04. The molecule has 3 rings (SSSR count). The summed E-state index contributed by atoms with van der Waals surface area (Å²) in [5.74, 6) is 1.25. The maximum atomic E-state index is 11.6. The van der Waals surface area contributed by atoms with E-state index in [1.54, 1.807) is 6.20 Å². The van der Waals surface area contributed by atoms with Gasteiger partial charge in [0.2, 0.25) is 0 Å². The first kappa shape index (κ1) is 7.79. The van der Waals surface area contributed by atoms with Crippen LogP contribution in [0.2, 0.25) is 0 Å². The van der Waals surface area contributed by atoms with Gasteiger partial charge in [0.05, 0.1) is 6.20 Å². The third-order valence-corrected chi connectivity index (χ3v) is 2.89. The topological polar surface area (TPSA) is 57.8 Å². The van der Waals surface area contributed by atoms with Crippen LogP contribution in [0.4, 0.5) is 5.82 Å². The Bertz CT molecular complexity index is 430. The molecule has 4 heteroatoms. The molecule has 0 spiro atoms. The summed E-state index contributed by atoms with van der Waals surface area (Å²) in [7, 11) is 0. The van der Waals surface area contributed by atoms with Gasteiger partial charge in [0, 0.05) is 29.7 Å². The summed E-state index contributed by atoms with van der Waals surface area (Å²) in [4.78, 5) is 11.6. The molecule has 0 aromatic carbocycles. The molecule has 1 aromatic heterocycles. The smallest absolute Gasteiger partial charge is 0.160 e. The van der Waals surface area contributed by atoms with Crippen LogP contribution in [0.15, 0.2) is 17.5 Å². The fourth-order valence-electron chi connectivity index (χ4n) is 2.13. The van der Waals surface area contributed by atoms with Crippen molar-refractivity contribution in [1.82, 2.24) is 10.2 Å². The molecule has 0 atom stereocenters. The SMILES string of the molecule is O=C1CCCC2=C1Cc1cn[nH]c1N2. The summed E-state index contributed by atoms with van der Waals surface area (Å²) >= 11 is 0. The number of fused-ring (bicyclic) bond motifs is 1. The molecular weight excluding hydrogens is 178 g/mol. The molecule has 0 saturated carbocycles. The van der Waals surface area contributed by atoms with Gasteiger partial charge in [-0.2, -0.15) is 5.10 Å². The van der Waals surface area contributed by atoms with Gasteiger partial charge in [-0.1, -0.05) is 0 Å². The van der Waals surface area contributed by atoms with Crippen molar-refractivity contribution in [1.29, 1.82) is 0 Å². The van der Waals surface area contributed by atoms with Gasteiger partial charge in [0.1, 0.15) is 5.82 Å². The zero-order chi connectivity index (χ0) is 9.54. The first-order valence-corrected chi connectivity index (χ1v) is 4.89. The van der Waals surface area contributed by atoms with Crippen LogP contribution >= 0.6 is 0 Å². The molecule has 0 radical (unpaired) electrons. The number of anilines is 1. The van der Waals surface area contributed by atoms with E-state index in [-0.39, 0.29) is 0 Å². The van der Waals surface area contributed by atoms with Crippen molar-refractivity contribution in [2.45, 2.75) is 25.7 Å². The van der Waals surface area contributed by atoms with Gasteiger partial charge < -0.3 is 5.32 Å². The Morgan fingerprint density at radius 3 is 3.21 bits per heavy atom. The Labute approximate surface area is 81.4 Å². The van der Waals surface area contributed by atoms with Gasteiger partial charge in [-0.15, -0.1) is 0 Å². The zero-order valence-corrected chi connectivity index (χ0v) is 7.76. The fourth-order valence-corrected chi connectivity index (χ4v) is 2.13. The van der Waals surface area contributed by atoms with Crippen LogP contribution in [0.25, 0.3) is 0 Å². The van der Waals surface area contributed by atoms with Crippen molar-refractivity contribution in [2.24, 2.45) is 0 Å². The summed E-state index contributed by atoms with van der Waals surface area (Å²) in [5.41, 5.74) is 3.15. The van der Waals surface area contributed by atoms with E-state index in [2.05, 4.69) is 15.5 Å². The van der Waals surface area contributed by atoms with Crippen molar-refractivity contribution < 1.29 is 4.79 Å². The normalized spacial score (nSPS) is 20.1. The predicted octanol–water partition coefficient (Wildman–Crippen LogP) is 1.38. The van der Waals surface area contributed by atoms with Crippen LogP contribution in [0.5, 0.6) is 0 Å². The summed E-state index contributed by atoms with van der Waals surface area (Å²) in [6.07, 6.45) is 5.18. The average Bonchev–Trinajstić information content (AvgIpc) is 2.62. The lowest BCUT2D eigenvalue weighted by Crippen LogP contribution is -2.21. The van der Waals surface area contributed by atoms with Gasteiger partial charge in [-0.3, -0.25) is 9.89 Å². The van der Waals surface area contributed by atoms with E-state index in [4.69, 9.17) is 0 Å². The lowest BCUT2D eigenvalue weighted by atomic mass is 9.89. The minimum atomic E-state index is 0.297. The van der Waals surface area contributed by atoms with Crippen molar-refractivity contribution in [3.05, 3.63) is 23.0 Å². The number of aromatic amines is 1. The number of nitrogens with zero attached hydrogens (tertiary/aromatic N) is 1. The molecular formula is C10H11N3O. The highest BCUT2D eigenvalue weighted by Gasteiger charge is 2.26. The Hall–Kier alpha value is -1.58. The molecule has 0 fully saturated rings. The van der Waals surface area contributed by atoms with Gasteiger partial charge in [0.15, 0.2) is 5.78 Å². The van der Waals surface area contributed by atoms with Crippen LogP contribution in [0.1, 0.15) is 24.8 Å². The number of carbonyl (C=O) groups excluding carboxylic acids is 1. The van der Waals surface area contributed by atoms with Crippen LogP contribution in [0.3, 0.4) is 0 Å². The number of hydrogen-bond donors (Lipinski definition) is 2. The number of hydrogen-bond acceptors (Lipinski definition) is 3.